The summed E-state index contributed by atoms with van der Waals surface area (Å²) in [6, 6.07) is 4.48. The lowest BCUT2D eigenvalue weighted by Gasteiger charge is -2.05. The molecule has 144 valence electrons. The largest absolute Gasteiger partial charge is 0.365 e. The maximum Gasteiger partial charge on any atom is 0.270 e. The van der Waals surface area contributed by atoms with Gasteiger partial charge in [0, 0.05) is 17.0 Å². The highest BCUT2D eigenvalue weighted by Gasteiger charge is 2.26. The first-order chi connectivity index (χ1) is 13.4. The number of benzene rings is 1. The van der Waals surface area contributed by atoms with Gasteiger partial charge in [-0.2, -0.15) is 0 Å². The lowest BCUT2D eigenvalue weighted by molar-refractivity contribution is -0.384. The number of nitro groups is 1. The van der Waals surface area contributed by atoms with E-state index in [1.807, 2.05) is 0 Å². The first kappa shape index (κ1) is 18.8. The van der Waals surface area contributed by atoms with Crippen LogP contribution in [-0.2, 0) is 17.6 Å². The summed E-state index contributed by atoms with van der Waals surface area (Å²) in [5, 5.41) is 14.2. The summed E-state index contributed by atoms with van der Waals surface area (Å²) in [5.74, 6) is -0.657. The van der Waals surface area contributed by atoms with Crippen molar-refractivity contribution >= 4 is 67.2 Å². The van der Waals surface area contributed by atoms with Gasteiger partial charge in [-0.1, -0.05) is 11.8 Å². The number of thiazole rings is 1. The van der Waals surface area contributed by atoms with Crippen LogP contribution in [0.5, 0.6) is 0 Å². The van der Waals surface area contributed by atoms with E-state index >= 15 is 0 Å². The number of fused-ring (bicyclic) bond motifs is 2. The molecule has 11 heteroatoms. The molecule has 3 N–H and O–H groups in total. The molecule has 0 spiro atoms. The number of nitro benzene ring substituents is 1. The smallest absolute Gasteiger partial charge is 0.270 e. The number of non-ortho nitro benzene ring substituents is 1. The van der Waals surface area contributed by atoms with Crippen LogP contribution in [0.3, 0.4) is 0 Å². The Morgan fingerprint density at radius 3 is 2.89 bits per heavy atom. The number of hydrogen-bond donors (Lipinski definition) is 2. The number of nitrogens with two attached hydrogens (primary N) is 1. The van der Waals surface area contributed by atoms with E-state index in [4.69, 9.17) is 5.73 Å². The van der Waals surface area contributed by atoms with Crippen molar-refractivity contribution in [2.75, 3.05) is 11.1 Å². The lowest BCUT2D eigenvalue weighted by atomic mass is 10.1. The molecule has 0 radical (unpaired) electrons. The molecule has 8 nitrogen and oxygen atoms in total. The molecule has 3 aromatic rings. The SMILES string of the molecule is NC(=O)c1c(NC(=O)CSc2nc3ccc([N+](=O)[O-])cc3s2)sc2c1CCC2. The maximum absolute atomic E-state index is 12.4. The van der Waals surface area contributed by atoms with E-state index < -0.39 is 10.8 Å². The van der Waals surface area contributed by atoms with Gasteiger partial charge >= 0.3 is 0 Å². The Kier molecular flexibility index (Phi) is 5.04. The van der Waals surface area contributed by atoms with Gasteiger partial charge in [0.15, 0.2) is 4.34 Å². The van der Waals surface area contributed by atoms with Crippen molar-refractivity contribution in [2.45, 2.75) is 23.6 Å². The number of rotatable bonds is 6. The highest BCUT2D eigenvalue weighted by Crippen LogP contribution is 2.39. The number of amides is 2. The highest BCUT2D eigenvalue weighted by atomic mass is 32.2. The Hall–Kier alpha value is -2.50. The van der Waals surface area contributed by atoms with Gasteiger partial charge < -0.3 is 11.1 Å². The first-order valence-corrected chi connectivity index (χ1v) is 11.0. The number of aryl methyl sites for hydroxylation is 1. The molecule has 0 bridgehead atoms. The molecule has 2 aromatic heterocycles. The molecule has 1 aliphatic rings. The predicted octanol–water partition coefficient (Wildman–Crippen LogP) is 3.58. The van der Waals surface area contributed by atoms with Gasteiger partial charge in [0.2, 0.25) is 5.91 Å². The van der Waals surface area contributed by atoms with Crippen LogP contribution in [-0.4, -0.2) is 27.5 Å². The normalized spacial score (nSPS) is 12.9. The van der Waals surface area contributed by atoms with Gasteiger partial charge in [-0.3, -0.25) is 19.7 Å². The number of aromatic nitrogens is 1. The van der Waals surface area contributed by atoms with E-state index in [9.17, 15) is 19.7 Å². The Morgan fingerprint density at radius 1 is 1.32 bits per heavy atom. The van der Waals surface area contributed by atoms with Gasteiger partial charge in [-0.05, 0) is 30.9 Å². The third-order valence-corrected chi connectivity index (χ3v) is 7.68. The maximum atomic E-state index is 12.4. The number of nitrogens with one attached hydrogen (secondary N) is 1. The van der Waals surface area contributed by atoms with Crippen molar-refractivity contribution in [1.82, 2.24) is 4.98 Å². The Bertz CT molecular complexity index is 1120. The molecule has 28 heavy (non-hydrogen) atoms. The van der Waals surface area contributed by atoms with Crippen molar-refractivity contribution in [1.29, 1.82) is 0 Å². The molecule has 2 amide bonds. The number of carbonyl (C=O) groups is 2. The molecule has 1 aliphatic carbocycles. The van der Waals surface area contributed by atoms with Crippen LogP contribution in [0.1, 0.15) is 27.2 Å². The third kappa shape index (κ3) is 3.60. The zero-order chi connectivity index (χ0) is 19.8. The van der Waals surface area contributed by atoms with Crippen molar-refractivity contribution in [2.24, 2.45) is 5.73 Å². The monoisotopic (exact) mass is 434 g/mol. The molecule has 4 rings (SSSR count). The van der Waals surface area contributed by atoms with Gasteiger partial charge in [0.1, 0.15) is 5.00 Å². The first-order valence-electron chi connectivity index (χ1n) is 8.34. The van der Waals surface area contributed by atoms with Gasteiger partial charge in [0.05, 0.1) is 26.5 Å². The minimum absolute atomic E-state index is 0.00941. The van der Waals surface area contributed by atoms with E-state index in [0.717, 1.165) is 29.7 Å². The summed E-state index contributed by atoms with van der Waals surface area (Å²) in [6.45, 7) is 0. The van der Waals surface area contributed by atoms with Gasteiger partial charge in [-0.25, -0.2) is 4.98 Å². The number of primary amides is 1. The molecule has 0 atom stereocenters. The summed E-state index contributed by atoms with van der Waals surface area (Å²) in [5.41, 5.74) is 7.57. The minimum atomic E-state index is -0.518. The second-order valence-electron chi connectivity index (χ2n) is 6.15. The van der Waals surface area contributed by atoms with E-state index in [2.05, 4.69) is 10.3 Å². The van der Waals surface area contributed by atoms with Crippen molar-refractivity contribution in [3.8, 4) is 0 Å². The van der Waals surface area contributed by atoms with E-state index in [1.54, 1.807) is 6.07 Å². The zero-order valence-electron chi connectivity index (χ0n) is 14.4. The summed E-state index contributed by atoms with van der Waals surface area (Å²) in [7, 11) is 0. The van der Waals surface area contributed by atoms with Crippen LogP contribution < -0.4 is 11.1 Å². The summed E-state index contributed by atoms with van der Waals surface area (Å²) < 4.78 is 1.34. The zero-order valence-corrected chi connectivity index (χ0v) is 16.8. The van der Waals surface area contributed by atoms with E-state index in [0.29, 0.717) is 25.1 Å². The van der Waals surface area contributed by atoms with Crippen molar-refractivity contribution in [3.05, 3.63) is 44.3 Å². The van der Waals surface area contributed by atoms with Crippen LogP contribution in [0.2, 0.25) is 0 Å². The Morgan fingerprint density at radius 2 is 2.14 bits per heavy atom. The van der Waals surface area contributed by atoms with Crippen LogP contribution >= 0.6 is 34.4 Å². The molecule has 2 heterocycles. The Labute approximate surface area is 171 Å². The molecular weight excluding hydrogens is 420 g/mol. The average Bonchev–Trinajstić information content (AvgIpc) is 3.32. The quantitative estimate of drug-likeness (QED) is 0.347. The summed E-state index contributed by atoms with van der Waals surface area (Å²) in [6.07, 6.45) is 2.72. The number of carbonyl (C=O) groups excluding carboxylic acids is 2. The highest BCUT2D eigenvalue weighted by molar-refractivity contribution is 8.01. The second-order valence-corrected chi connectivity index (χ2v) is 9.51. The standard InChI is InChI=1S/C17H14N4O4S3/c18-15(23)14-9-2-1-3-11(9)27-16(14)20-13(22)7-26-17-19-10-5-4-8(21(24)25)6-12(10)28-17/h4-6H,1-3,7H2,(H2,18,23)(H,20,22). The van der Waals surface area contributed by atoms with Crippen LogP contribution in [0.25, 0.3) is 10.2 Å². The fraction of sp³-hybridized carbons (Fsp3) is 0.235. The topological polar surface area (TPSA) is 128 Å². The Balaban J connectivity index is 1.45. The van der Waals surface area contributed by atoms with Gasteiger partial charge in [0.25, 0.3) is 11.6 Å². The van der Waals surface area contributed by atoms with E-state index in [-0.39, 0.29) is 17.3 Å². The molecule has 0 saturated carbocycles. The summed E-state index contributed by atoms with van der Waals surface area (Å²) >= 11 is 3.96. The number of thiophene rings is 1. The predicted molar refractivity (Wildman–Crippen MR) is 110 cm³/mol. The molecule has 1 aromatic carbocycles. The fourth-order valence-electron chi connectivity index (χ4n) is 3.11. The third-order valence-electron chi connectivity index (χ3n) is 4.31. The molecule has 0 saturated heterocycles. The fourth-order valence-corrected chi connectivity index (χ4v) is 6.32. The lowest BCUT2D eigenvalue weighted by Crippen LogP contribution is -2.18. The minimum Gasteiger partial charge on any atom is -0.365 e. The van der Waals surface area contributed by atoms with E-state index in [1.165, 1.54) is 46.6 Å². The van der Waals surface area contributed by atoms with Gasteiger partial charge in [-0.15, -0.1) is 22.7 Å². The number of anilines is 1. The van der Waals surface area contributed by atoms with Crippen LogP contribution in [0.15, 0.2) is 22.5 Å². The van der Waals surface area contributed by atoms with Crippen LogP contribution in [0.4, 0.5) is 10.7 Å². The van der Waals surface area contributed by atoms with Crippen molar-refractivity contribution in [3.63, 3.8) is 0 Å². The number of nitrogens with zero attached hydrogens (tertiary/aromatic N) is 2. The molecule has 0 unspecified atom stereocenters. The average molecular weight is 435 g/mol. The van der Waals surface area contributed by atoms with Crippen molar-refractivity contribution < 1.29 is 14.5 Å². The number of hydrogen-bond acceptors (Lipinski definition) is 8. The second kappa shape index (κ2) is 7.49. The molecule has 0 fully saturated rings. The molecule has 0 aliphatic heterocycles. The molecular formula is C17H14N4O4S3. The number of thioether (sulfide) groups is 1. The van der Waals surface area contributed by atoms with Crippen LogP contribution in [0, 0.1) is 10.1 Å². The summed E-state index contributed by atoms with van der Waals surface area (Å²) in [4.78, 5) is 40.1.